The van der Waals surface area contributed by atoms with Crippen LogP contribution in [0.3, 0.4) is 0 Å². The summed E-state index contributed by atoms with van der Waals surface area (Å²) in [6.07, 6.45) is 0.741. The van der Waals surface area contributed by atoms with Gasteiger partial charge in [-0.3, -0.25) is 9.59 Å². The summed E-state index contributed by atoms with van der Waals surface area (Å²) in [6.45, 7) is -0.140. The average Bonchev–Trinajstić information content (AvgIpc) is 2.74. The van der Waals surface area contributed by atoms with Crippen molar-refractivity contribution in [3.8, 4) is 5.75 Å². The molecular weight excluding hydrogens is 429 g/mol. The predicted octanol–water partition coefficient (Wildman–Crippen LogP) is 3.18. The maximum atomic E-state index is 12.7. The van der Waals surface area contributed by atoms with E-state index in [2.05, 4.69) is 15.3 Å². The highest BCUT2D eigenvalue weighted by Crippen LogP contribution is 2.23. The van der Waals surface area contributed by atoms with E-state index in [1.165, 1.54) is 0 Å². The second-order valence-electron chi connectivity index (χ2n) is 6.27. The van der Waals surface area contributed by atoms with Gasteiger partial charge in [0.1, 0.15) is 18.7 Å². The molecule has 0 spiro atoms. The molecule has 0 aliphatic heterocycles. The standard InChI is InChI=1S/C21H17Cl2N3O4/c22-15-7-6-14(10-16(15)23)11-17-25-18(20(28)24-8-9-27)19(21(29)26-17)30-12-13-4-2-1-3-5-13/h1-7,9-10H,8,11-12H2,(H,24,28)(H,25,26,29). The summed E-state index contributed by atoms with van der Waals surface area (Å²) in [5.74, 6) is -0.673. The third-order valence-corrected chi connectivity index (χ3v) is 4.81. The first-order valence-corrected chi connectivity index (χ1v) is 9.69. The van der Waals surface area contributed by atoms with E-state index in [0.29, 0.717) is 16.3 Å². The molecule has 2 aromatic carbocycles. The topological polar surface area (TPSA) is 101 Å². The molecule has 7 nitrogen and oxygen atoms in total. The molecule has 2 N–H and O–H groups in total. The van der Waals surface area contributed by atoms with Gasteiger partial charge in [-0.15, -0.1) is 0 Å². The average molecular weight is 446 g/mol. The molecule has 154 valence electrons. The molecule has 0 aliphatic carbocycles. The number of halogens is 2. The Balaban J connectivity index is 1.92. The minimum absolute atomic E-state index is 0.0751. The first-order chi connectivity index (χ1) is 14.5. The van der Waals surface area contributed by atoms with Crippen LogP contribution in [0.4, 0.5) is 0 Å². The molecule has 3 aromatic rings. The molecule has 9 heteroatoms. The Bertz CT molecular complexity index is 1120. The molecule has 30 heavy (non-hydrogen) atoms. The van der Waals surface area contributed by atoms with Crippen LogP contribution in [0.1, 0.15) is 27.4 Å². The molecule has 1 amide bonds. The van der Waals surface area contributed by atoms with Crippen molar-refractivity contribution < 1.29 is 14.3 Å². The van der Waals surface area contributed by atoms with E-state index in [1.807, 2.05) is 30.3 Å². The molecule has 0 atom stereocenters. The molecule has 0 aliphatic rings. The van der Waals surface area contributed by atoms with Gasteiger partial charge in [0, 0.05) is 6.42 Å². The lowest BCUT2D eigenvalue weighted by Gasteiger charge is -2.12. The van der Waals surface area contributed by atoms with Crippen LogP contribution in [0.2, 0.25) is 10.0 Å². The normalized spacial score (nSPS) is 10.5. The Hall–Kier alpha value is -3.16. The van der Waals surface area contributed by atoms with Crippen molar-refractivity contribution in [1.82, 2.24) is 15.3 Å². The summed E-state index contributed by atoms with van der Waals surface area (Å²) in [4.78, 5) is 42.6. The number of aldehydes is 1. The number of rotatable bonds is 8. The molecule has 1 heterocycles. The number of nitrogens with one attached hydrogen (secondary N) is 2. The SMILES string of the molecule is O=CCNC(=O)c1nc(Cc2ccc(Cl)c(Cl)c2)[nH]c(=O)c1OCc1ccccc1. The van der Waals surface area contributed by atoms with Crippen LogP contribution in [0.25, 0.3) is 0 Å². The molecule has 0 unspecified atom stereocenters. The number of benzene rings is 2. The number of ether oxygens (including phenoxy) is 1. The summed E-state index contributed by atoms with van der Waals surface area (Å²) in [5.41, 5.74) is 0.750. The fourth-order valence-electron chi connectivity index (χ4n) is 2.67. The van der Waals surface area contributed by atoms with Crippen molar-refractivity contribution >= 4 is 35.4 Å². The van der Waals surface area contributed by atoms with Crippen LogP contribution in [0.15, 0.2) is 53.3 Å². The minimum atomic E-state index is -0.688. The van der Waals surface area contributed by atoms with Crippen molar-refractivity contribution in [3.63, 3.8) is 0 Å². The number of H-pyrrole nitrogens is 1. The van der Waals surface area contributed by atoms with E-state index in [-0.39, 0.29) is 36.8 Å². The Morgan fingerprint density at radius 1 is 1.10 bits per heavy atom. The smallest absolute Gasteiger partial charge is 0.294 e. The summed E-state index contributed by atoms with van der Waals surface area (Å²) in [6, 6.07) is 14.2. The Kier molecular flexibility index (Phi) is 7.21. The van der Waals surface area contributed by atoms with Crippen molar-refractivity contribution in [1.29, 1.82) is 0 Å². The molecule has 0 saturated heterocycles. The lowest BCUT2D eigenvalue weighted by Crippen LogP contribution is -2.30. The number of aromatic amines is 1. The molecule has 3 rings (SSSR count). The number of carbonyl (C=O) groups excluding carboxylic acids is 2. The number of aromatic nitrogens is 2. The zero-order chi connectivity index (χ0) is 21.5. The van der Waals surface area contributed by atoms with Gasteiger partial charge in [0.15, 0.2) is 5.69 Å². The number of hydrogen-bond donors (Lipinski definition) is 2. The quantitative estimate of drug-likeness (QED) is 0.518. The van der Waals surface area contributed by atoms with Crippen LogP contribution in [0.5, 0.6) is 5.75 Å². The van der Waals surface area contributed by atoms with Gasteiger partial charge >= 0.3 is 0 Å². The van der Waals surface area contributed by atoms with Crippen LogP contribution in [-0.2, 0) is 17.8 Å². The van der Waals surface area contributed by atoms with Gasteiger partial charge in [0.2, 0.25) is 5.75 Å². The second kappa shape index (κ2) is 10.0. The second-order valence-corrected chi connectivity index (χ2v) is 7.08. The van der Waals surface area contributed by atoms with Crippen LogP contribution in [-0.4, -0.2) is 28.7 Å². The van der Waals surface area contributed by atoms with Crippen molar-refractivity contribution in [2.45, 2.75) is 13.0 Å². The monoisotopic (exact) mass is 445 g/mol. The van der Waals surface area contributed by atoms with Crippen LogP contribution >= 0.6 is 23.2 Å². The Morgan fingerprint density at radius 2 is 1.87 bits per heavy atom. The fraction of sp³-hybridized carbons (Fsp3) is 0.143. The zero-order valence-corrected chi connectivity index (χ0v) is 17.2. The number of hydrogen-bond acceptors (Lipinski definition) is 5. The highest BCUT2D eigenvalue weighted by molar-refractivity contribution is 6.42. The summed E-state index contributed by atoms with van der Waals surface area (Å²) in [7, 11) is 0. The first kappa shape index (κ1) is 21.5. The predicted molar refractivity (Wildman–Crippen MR) is 113 cm³/mol. The Labute approximate surface area is 182 Å². The highest BCUT2D eigenvalue weighted by Gasteiger charge is 2.20. The van der Waals surface area contributed by atoms with E-state index in [1.54, 1.807) is 18.2 Å². The van der Waals surface area contributed by atoms with Crippen LogP contribution in [0, 0.1) is 0 Å². The van der Waals surface area contributed by atoms with Gasteiger partial charge in [0.05, 0.1) is 16.6 Å². The van der Waals surface area contributed by atoms with E-state index < -0.39 is 11.5 Å². The van der Waals surface area contributed by atoms with Gasteiger partial charge in [-0.05, 0) is 23.3 Å². The van der Waals surface area contributed by atoms with E-state index >= 15 is 0 Å². The van der Waals surface area contributed by atoms with Gasteiger partial charge in [-0.25, -0.2) is 4.98 Å². The molecule has 1 aromatic heterocycles. The van der Waals surface area contributed by atoms with Crippen LogP contribution < -0.4 is 15.6 Å². The molecule has 0 bridgehead atoms. The van der Waals surface area contributed by atoms with Gasteiger partial charge in [0.25, 0.3) is 11.5 Å². The highest BCUT2D eigenvalue weighted by atomic mass is 35.5. The number of carbonyl (C=O) groups is 2. The van der Waals surface area contributed by atoms with Gasteiger partial charge in [-0.1, -0.05) is 59.6 Å². The summed E-state index contributed by atoms with van der Waals surface area (Å²) in [5, 5.41) is 3.15. The van der Waals surface area contributed by atoms with E-state index in [0.717, 1.165) is 11.1 Å². The maximum Gasteiger partial charge on any atom is 0.294 e. The number of nitrogens with zero attached hydrogens (tertiary/aromatic N) is 1. The maximum absolute atomic E-state index is 12.7. The molecule has 0 fully saturated rings. The lowest BCUT2D eigenvalue weighted by atomic mass is 10.1. The molecule has 0 radical (unpaired) electrons. The number of amides is 1. The van der Waals surface area contributed by atoms with Crippen molar-refractivity contribution in [2.24, 2.45) is 0 Å². The third-order valence-electron chi connectivity index (χ3n) is 4.07. The zero-order valence-electron chi connectivity index (χ0n) is 15.7. The Morgan fingerprint density at radius 3 is 2.57 bits per heavy atom. The molecular formula is C21H17Cl2N3O4. The summed E-state index contributed by atoms with van der Waals surface area (Å²) < 4.78 is 5.60. The first-order valence-electron chi connectivity index (χ1n) is 8.93. The van der Waals surface area contributed by atoms with E-state index in [4.69, 9.17) is 27.9 Å². The van der Waals surface area contributed by atoms with Gasteiger partial charge < -0.3 is 19.8 Å². The van der Waals surface area contributed by atoms with E-state index in [9.17, 15) is 14.4 Å². The lowest BCUT2D eigenvalue weighted by molar-refractivity contribution is -0.107. The fourth-order valence-corrected chi connectivity index (χ4v) is 2.99. The largest absolute Gasteiger partial charge is 0.481 e. The van der Waals surface area contributed by atoms with Crippen molar-refractivity contribution in [2.75, 3.05) is 6.54 Å². The van der Waals surface area contributed by atoms with Crippen molar-refractivity contribution in [3.05, 3.63) is 91.6 Å². The molecule has 0 saturated carbocycles. The minimum Gasteiger partial charge on any atom is -0.481 e. The third kappa shape index (κ3) is 5.46. The van der Waals surface area contributed by atoms with Gasteiger partial charge in [-0.2, -0.15) is 0 Å². The summed E-state index contributed by atoms with van der Waals surface area (Å²) >= 11 is 12.0.